The van der Waals surface area contributed by atoms with Crippen LogP contribution in [0.3, 0.4) is 0 Å². The molecular weight excluding hydrogens is 308 g/mol. The Morgan fingerprint density at radius 2 is 1.80 bits per heavy atom. The number of para-hydroxylation sites is 1. The second-order valence-electron chi connectivity index (χ2n) is 8.75. The molecule has 3 aromatic rings. The van der Waals surface area contributed by atoms with Crippen molar-refractivity contribution in [2.24, 2.45) is 5.41 Å². The van der Waals surface area contributed by atoms with E-state index < -0.39 is 0 Å². The molecule has 0 N–H and O–H groups in total. The van der Waals surface area contributed by atoms with Gasteiger partial charge in [-0.25, -0.2) is 4.98 Å². The van der Waals surface area contributed by atoms with Crippen LogP contribution in [0.15, 0.2) is 40.9 Å². The average molecular weight is 334 g/mol. The Bertz CT molecular complexity index is 934. The Kier molecular flexibility index (Phi) is 3.19. The fourth-order valence-electron chi connectivity index (χ4n) is 5.50. The van der Waals surface area contributed by atoms with E-state index >= 15 is 0 Å². The van der Waals surface area contributed by atoms with Gasteiger partial charge in [-0.1, -0.05) is 31.4 Å². The van der Waals surface area contributed by atoms with E-state index in [1.807, 2.05) is 6.07 Å². The monoisotopic (exact) mass is 334 g/mol. The van der Waals surface area contributed by atoms with E-state index in [0.29, 0.717) is 5.41 Å². The Hall–Kier alpha value is -2.03. The maximum absolute atomic E-state index is 6.21. The zero-order valence-electron chi connectivity index (χ0n) is 15.2. The fourth-order valence-corrected chi connectivity index (χ4v) is 5.50. The number of hydrogen-bond donors (Lipinski definition) is 0. The zero-order chi connectivity index (χ0) is 17.1. The molecular formula is C22H26N2O. The summed E-state index contributed by atoms with van der Waals surface area (Å²) in [6.07, 6.45) is 10.0. The van der Waals surface area contributed by atoms with Crippen molar-refractivity contribution in [3.05, 3.63) is 36.5 Å². The molecule has 0 unspecified atom stereocenters. The number of benzene rings is 1. The number of pyridine rings is 1. The molecule has 130 valence electrons. The molecule has 2 aliphatic rings. The standard InChI is InChI=1S/C22H26N2O/c1-21(2)14-22(11-4-3-5-12-22)15-24(21)18-10-6-8-16-17-9-7-13-23-20(17)25-19(16)18/h6-10,13H,3-5,11-12,14-15H2,1-2H3. The van der Waals surface area contributed by atoms with Crippen LogP contribution in [0.5, 0.6) is 0 Å². The molecule has 1 saturated carbocycles. The Labute approximate surface area is 149 Å². The van der Waals surface area contributed by atoms with Gasteiger partial charge in [-0.3, -0.25) is 0 Å². The van der Waals surface area contributed by atoms with Crippen molar-refractivity contribution >= 4 is 27.8 Å². The largest absolute Gasteiger partial charge is 0.436 e. The van der Waals surface area contributed by atoms with E-state index in [1.54, 1.807) is 6.20 Å². The first-order valence-electron chi connectivity index (χ1n) is 9.62. The van der Waals surface area contributed by atoms with Crippen LogP contribution in [0.4, 0.5) is 5.69 Å². The molecule has 0 bridgehead atoms. The molecule has 1 spiro atoms. The molecule has 0 amide bonds. The Balaban J connectivity index is 1.65. The molecule has 1 aromatic carbocycles. The predicted molar refractivity (Wildman–Crippen MR) is 103 cm³/mol. The van der Waals surface area contributed by atoms with Crippen LogP contribution < -0.4 is 4.90 Å². The SMILES string of the molecule is CC1(C)CC2(CCCCC2)CN1c1cccc2c1oc1ncccc12. The minimum absolute atomic E-state index is 0.165. The van der Waals surface area contributed by atoms with Crippen molar-refractivity contribution in [1.29, 1.82) is 0 Å². The number of nitrogens with zero attached hydrogens (tertiary/aromatic N) is 2. The maximum Gasteiger partial charge on any atom is 0.227 e. The molecule has 2 fully saturated rings. The van der Waals surface area contributed by atoms with Crippen molar-refractivity contribution in [1.82, 2.24) is 4.98 Å². The first kappa shape index (κ1) is 15.2. The van der Waals surface area contributed by atoms with Gasteiger partial charge in [-0.15, -0.1) is 0 Å². The van der Waals surface area contributed by atoms with Gasteiger partial charge in [0.05, 0.1) is 5.69 Å². The number of anilines is 1. The molecule has 1 saturated heterocycles. The number of furan rings is 1. The molecule has 0 atom stereocenters. The van der Waals surface area contributed by atoms with Crippen molar-refractivity contribution < 1.29 is 4.42 Å². The Morgan fingerprint density at radius 3 is 2.64 bits per heavy atom. The zero-order valence-corrected chi connectivity index (χ0v) is 15.2. The van der Waals surface area contributed by atoms with Gasteiger partial charge in [0.2, 0.25) is 5.71 Å². The third kappa shape index (κ3) is 2.28. The summed E-state index contributed by atoms with van der Waals surface area (Å²) in [7, 11) is 0. The van der Waals surface area contributed by atoms with E-state index in [9.17, 15) is 0 Å². The van der Waals surface area contributed by atoms with Crippen LogP contribution in [0.1, 0.15) is 52.4 Å². The third-order valence-corrected chi connectivity index (χ3v) is 6.49. The van der Waals surface area contributed by atoms with Crippen LogP contribution in [0.25, 0.3) is 22.1 Å². The highest BCUT2D eigenvalue weighted by molar-refractivity contribution is 6.07. The topological polar surface area (TPSA) is 29.3 Å². The van der Waals surface area contributed by atoms with Gasteiger partial charge in [-0.2, -0.15) is 0 Å². The van der Waals surface area contributed by atoms with Crippen molar-refractivity contribution in [3.63, 3.8) is 0 Å². The lowest BCUT2D eigenvalue weighted by molar-refractivity contribution is 0.204. The van der Waals surface area contributed by atoms with Gasteiger partial charge in [0.25, 0.3) is 0 Å². The average Bonchev–Trinajstić information content (AvgIpc) is 3.10. The van der Waals surface area contributed by atoms with Crippen LogP contribution >= 0.6 is 0 Å². The Morgan fingerprint density at radius 1 is 1.00 bits per heavy atom. The van der Waals surface area contributed by atoms with Gasteiger partial charge >= 0.3 is 0 Å². The van der Waals surface area contributed by atoms with Crippen molar-refractivity contribution in [2.75, 3.05) is 11.4 Å². The third-order valence-electron chi connectivity index (χ3n) is 6.49. The molecule has 1 aliphatic heterocycles. The van der Waals surface area contributed by atoms with Gasteiger partial charge < -0.3 is 9.32 Å². The quantitative estimate of drug-likeness (QED) is 0.553. The second kappa shape index (κ2) is 5.23. The molecule has 1 aliphatic carbocycles. The minimum Gasteiger partial charge on any atom is -0.436 e. The van der Waals surface area contributed by atoms with E-state index in [0.717, 1.165) is 23.2 Å². The summed E-state index contributed by atoms with van der Waals surface area (Å²) in [6.45, 7) is 5.95. The van der Waals surface area contributed by atoms with Gasteiger partial charge in [0.15, 0.2) is 5.58 Å². The molecule has 3 heteroatoms. The summed E-state index contributed by atoms with van der Waals surface area (Å²) in [5.41, 5.74) is 3.64. The van der Waals surface area contributed by atoms with Crippen LogP contribution in [0, 0.1) is 5.41 Å². The summed E-state index contributed by atoms with van der Waals surface area (Å²) in [5, 5.41) is 2.30. The van der Waals surface area contributed by atoms with Crippen LogP contribution in [-0.2, 0) is 0 Å². The van der Waals surface area contributed by atoms with Crippen LogP contribution in [-0.4, -0.2) is 17.1 Å². The fraction of sp³-hybridized carbons (Fsp3) is 0.500. The number of hydrogen-bond acceptors (Lipinski definition) is 3. The summed E-state index contributed by atoms with van der Waals surface area (Å²) in [6, 6.07) is 10.7. The van der Waals surface area contributed by atoms with Gasteiger partial charge in [0, 0.05) is 29.1 Å². The second-order valence-corrected chi connectivity index (χ2v) is 8.75. The first-order chi connectivity index (χ1) is 12.1. The van der Waals surface area contributed by atoms with Gasteiger partial charge in [-0.05, 0) is 56.7 Å². The molecule has 5 rings (SSSR count). The first-order valence-corrected chi connectivity index (χ1v) is 9.62. The number of rotatable bonds is 1. The van der Waals surface area contributed by atoms with E-state index in [2.05, 4.69) is 48.0 Å². The predicted octanol–water partition coefficient (Wildman–Crippen LogP) is 5.92. The highest BCUT2D eigenvalue weighted by atomic mass is 16.3. The molecule has 2 aromatic heterocycles. The highest BCUT2D eigenvalue weighted by Crippen LogP contribution is 2.52. The normalized spacial score (nSPS) is 22.2. The van der Waals surface area contributed by atoms with Crippen molar-refractivity contribution in [3.8, 4) is 0 Å². The van der Waals surface area contributed by atoms with Crippen LogP contribution in [0.2, 0.25) is 0 Å². The summed E-state index contributed by atoms with van der Waals surface area (Å²) < 4.78 is 6.21. The summed E-state index contributed by atoms with van der Waals surface area (Å²) in [4.78, 5) is 7.03. The van der Waals surface area contributed by atoms with E-state index in [-0.39, 0.29) is 5.54 Å². The number of aromatic nitrogens is 1. The molecule has 0 radical (unpaired) electrons. The maximum atomic E-state index is 6.21. The summed E-state index contributed by atoms with van der Waals surface area (Å²) >= 11 is 0. The minimum atomic E-state index is 0.165. The highest BCUT2D eigenvalue weighted by Gasteiger charge is 2.49. The number of fused-ring (bicyclic) bond motifs is 3. The lowest BCUT2D eigenvalue weighted by Gasteiger charge is -2.33. The van der Waals surface area contributed by atoms with Crippen molar-refractivity contribution in [2.45, 2.75) is 57.9 Å². The van der Waals surface area contributed by atoms with E-state index in [1.165, 1.54) is 49.6 Å². The molecule has 3 nitrogen and oxygen atoms in total. The van der Waals surface area contributed by atoms with Gasteiger partial charge in [0.1, 0.15) is 0 Å². The van der Waals surface area contributed by atoms with E-state index in [4.69, 9.17) is 4.42 Å². The lowest BCUT2D eigenvalue weighted by atomic mass is 9.71. The molecule has 25 heavy (non-hydrogen) atoms. The summed E-state index contributed by atoms with van der Waals surface area (Å²) in [5.74, 6) is 0. The lowest BCUT2D eigenvalue weighted by Crippen LogP contribution is -2.38. The molecule has 3 heterocycles. The smallest absolute Gasteiger partial charge is 0.227 e.